The number of nitrogens with one attached hydrogen (secondary N) is 2. The summed E-state index contributed by atoms with van der Waals surface area (Å²) in [5, 5.41) is 11.3. The van der Waals surface area contributed by atoms with Crippen LogP contribution in [-0.4, -0.2) is 31.5 Å². The first-order valence-electron chi connectivity index (χ1n) is 5.75. The van der Waals surface area contributed by atoms with E-state index >= 15 is 0 Å². The lowest BCUT2D eigenvalue weighted by molar-refractivity contribution is -0.116. The Kier molecular flexibility index (Phi) is 3.93. The summed E-state index contributed by atoms with van der Waals surface area (Å²) in [5.74, 6) is -2.00. The Hall–Kier alpha value is -3.23. The highest BCUT2D eigenvalue weighted by molar-refractivity contribution is 5.99. The minimum atomic E-state index is -1.24. The summed E-state index contributed by atoms with van der Waals surface area (Å²) < 4.78 is 0.972. The maximum absolute atomic E-state index is 11.8. The first-order chi connectivity index (χ1) is 9.97. The third-order valence-electron chi connectivity index (χ3n) is 2.51. The van der Waals surface area contributed by atoms with E-state index in [-0.39, 0.29) is 17.9 Å². The summed E-state index contributed by atoms with van der Waals surface area (Å²) in [6.45, 7) is -0.384. The van der Waals surface area contributed by atoms with Crippen molar-refractivity contribution in [3.05, 3.63) is 57.0 Å². The quantitative estimate of drug-likeness (QED) is 0.679. The number of aromatic carboxylic acids is 1. The maximum Gasteiger partial charge on any atom is 0.339 e. The van der Waals surface area contributed by atoms with E-state index in [1.165, 1.54) is 18.3 Å². The molecule has 0 aromatic carbocycles. The smallest absolute Gasteiger partial charge is 0.339 e. The number of carbonyl (C=O) groups is 2. The third-order valence-corrected chi connectivity index (χ3v) is 2.51. The molecule has 1 amide bonds. The molecule has 0 aliphatic heterocycles. The van der Waals surface area contributed by atoms with Crippen LogP contribution in [0.3, 0.4) is 0 Å². The van der Waals surface area contributed by atoms with Crippen molar-refractivity contribution < 1.29 is 14.7 Å². The number of anilines is 1. The molecule has 0 fully saturated rings. The second-order valence-electron chi connectivity index (χ2n) is 3.99. The molecule has 0 unspecified atom stereocenters. The molecule has 3 N–H and O–H groups in total. The van der Waals surface area contributed by atoms with Gasteiger partial charge >= 0.3 is 11.7 Å². The molecule has 9 heteroatoms. The highest BCUT2D eigenvalue weighted by atomic mass is 16.4. The summed E-state index contributed by atoms with van der Waals surface area (Å²) in [7, 11) is 0. The molecule has 21 heavy (non-hydrogen) atoms. The third kappa shape index (κ3) is 3.41. The number of pyridine rings is 1. The Morgan fingerprint density at radius 3 is 2.76 bits per heavy atom. The predicted molar refractivity (Wildman–Crippen MR) is 71.1 cm³/mol. The van der Waals surface area contributed by atoms with Crippen molar-refractivity contribution in [1.82, 2.24) is 14.5 Å². The summed E-state index contributed by atoms with van der Waals surface area (Å²) in [6.07, 6.45) is 2.49. The van der Waals surface area contributed by atoms with E-state index in [1.807, 2.05) is 4.98 Å². The van der Waals surface area contributed by atoms with Gasteiger partial charge in [0.1, 0.15) is 17.9 Å². The highest BCUT2D eigenvalue weighted by Crippen LogP contribution is 2.10. The average Bonchev–Trinajstić information content (AvgIpc) is 2.42. The lowest BCUT2D eigenvalue weighted by Gasteiger charge is -2.08. The van der Waals surface area contributed by atoms with E-state index in [2.05, 4.69) is 10.3 Å². The van der Waals surface area contributed by atoms with Gasteiger partial charge in [0.25, 0.3) is 5.56 Å². The van der Waals surface area contributed by atoms with Crippen LogP contribution in [0, 0.1) is 0 Å². The first-order valence-corrected chi connectivity index (χ1v) is 5.75. The van der Waals surface area contributed by atoms with Crippen LogP contribution < -0.4 is 16.6 Å². The monoisotopic (exact) mass is 290 g/mol. The number of nitrogens with zero attached hydrogens (tertiary/aromatic N) is 2. The van der Waals surface area contributed by atoms with Gasteiger partial charge in [-0.2, -0.15) is 0 Å². The molecule has 0 spiro atoms. The number of hydrogen-bond donors (Lipinski definition) is 3. The van der Waals surface area contributed by atoms with E-state index in [1.54, 1.807) is 0 Å². The van der Waals surface area contributed by atoms with Crippen LogP contribution in [0.2, 0.25) is 0 Å². The molecule has 0 atom stereocenters. The van der Waals surface area contributed by atoms with Crippen molar-refractivity contribution in [2.45, 2.75) is 6.54 Å². The van der Waals surface area contributed by atoms with Crippen LogP contribution >= 0.6 is 0 Å². The zero-order chi connectivity index (χ0) is 15.4. The lowest BCUT2D eigenvalue weighted by atomic mass is 10.2. The van der Waals surface area contributed by atoms with E-state index in [0.717, 1.165) is 16.8 Å². The molecule has 0 saturated carbocycles. The number of rotatable bonds is 4. The minimum absolute atomic E-state index is 0.118. The van der Waals surface area contributed by atoms with Gasteiger partial charge in [-0.1, -0.05) is 0 Å². The number of aromatic amines is 1. The van der Waals surface area contributed by atoms with Crippen LogP contribution in [0.1, 0.15) is 10.4 Å². The fraction of sp³-hybridized carbons (Fsp3) is 0.0833. The van der Waals surface area contributed by atoms with Gasteiger partial charge in [-0.25, -0.2) is 14.6 Å². The number of hydrogen-bond acceptors (Lipinski definition) is 5. The Morgan fingerprint density at radius 1 is 1.33 bits per heavy atom. The van der Waals surface area contributed by atoms with Crippen molar-refractivity contribution in [1.29, 1.82) is 0 Å². The number of H-pyrrole nitrogens is 1. The SMILES string of the molecule is O=C(Cn1ccc(=O)[nH]c1=O)Nc1ncccc1C(=O)O. The molecule has 9 nitrogen and oxygen atoms in total. The van der Waals surface area contributed by atoms with Crippen molar-refractivity contribution in [3.63, 3.8) is 0 Å². The number of aromatic nitrogens is 3. The second-order valence-corrected chi connectivity index (χ2v) is 3.99. The molecule has 2 aromatic heterocycles. The molecule has 0 saturated heterocycles. The van der Waals surface area contributed by atoms with Crippen LogP contribution in [0.15, 0.2) is 40.2 Å². The molecule has 0 aliphatic rings. The summed E-state index contributed by atoms with van der Waals surface area (Å²) in [4.78, 5) is 50.8. The lowest BCUT2D eigenvalue weighted by Crippen LogP contribution is -2.32. The second kappa shape index (κ2) is 5.82. The fourth-order valence-electron chi connectivity index (χ4n) is 1.57. The number of carboxylic acid groups (broad SMARTS) is 1. The summed E-state index contributed by atoms with van der Waals surface area (Å²) >= 11 is 0. The molecule has 0 aliphatic carbocycles. The van der Waals surface area contributed by atoms with Crippen molar-refractivity contribution in [2.24, 2.45) is 0 Å². The maximum atomic E-state index is 11.8. The Morgan fingerprint density at radius 2 is 2.10 bits per heavy atom. The first kappa shape index (κ1) is 14.2. The molecule has 108 valence electrons. The molecule has 2 heterocycles. The van der Waals surface area contributed by atoms with Crippen LogP contribution in [0.25, 0.3) is 0 Å². The van der Waals surface area contributed by atoms with Gasteiger partial charge in [0.15, 0.2) is 0 Å². The van der Waals surface area contributed by atoms with Gasteiger partial charge in [-0.05, 0) is 12.1 Å². The number of carboxylic acids is 1. The molecule has 2 rings (SSSR count). The molecular weight excluding hydrogens is 280 g/mol. The Bertz CT molecular complexity index is 808. The van der Waals surface area contributed by atoms with Gasteiger partial charge < -0.3 is 10.4 Å². The highest BCUT2D eigenvalue weighted by Gasteiger charge is 2.13. The standard InChI is InChI=1S/C12H10N4O5/c17-8-3-5-16(12(21)15-8)6-9(18)14-10-7(11(19)20)2-1-4-13-10/h1-5H,6H2,(H,19,20)(H,13,14,18)(H,15,17,21). The Balaban J connectivity index is 2.18. The number of amides is 1. The van der Waals surface area contributed by atoms with E-state index in [9.17, 15) is 19.2 Å². The van der Waals surface area contributed by atoms with Crippen LogP contribution in [0.5, 0.6) is 0 Å². The zero-order valence-electron chi connectivity index (χ0n) is 10.6. The molecular formula is C12H10N4O5. The van der Waals surface area contributed by atoms with Crippen molar-refractivity contribution >= 4 is 17.7 Å². The predicted octanol–water partition coefficient (Wildman–Crippen LogP) is -0.731. The topological polar surface area (TPSA) is 134 Å². The normalized spacial score (nSPS) is 10.1. The van der Waals surface area contributed by atoms with Crippen molar-refractivity contribution in [3.8, 4) is 0 Å². The van der Waals surface area contributed by atoms with Crippen LogP contribution in [0.4, 0.5) is 5.82 Å². The summed E-state index contributed by atoms with van der Waals surface area (Å²) in [5.41, 5.74) is -1.48. The van der Waals surface area contributed by atoms with Crippen molar-refractivity contribution in [2.75, 3.05) is 5.32 Å². The molecule has 0 bridgehead atoms. The van der Waals surface area contributed by atoms with E-state index in [0.29, 0.717) is 0 Å². The van der Waals surface area contributed by atoms with Gasteiger partial charge in [-0.3, -0.25) is 19.1 Å². The fourth-order valence-corrected chi connectivity index (χ4v) is 1.57. The van der Waals surface area contributed by atoms with Gasteiger partial charge in [0, 0.05) is 18.5 Å². The summed E-state index contributed by atoms with van der Waals surface area (Å²) in [6, 6.07) is 3.81. The number of carbonyl (C=O) groups excluding carboxylic acids is 1. The van der Waals surface area contributed by atoms with Crippen LogP contribution in [-0.2, 0) is 11.3 Å². The largest absolute Gasteiger partial charge is 0.478 e. The molecule has 2 aromatic rings. The Labute approximate surface area is 116 Å². The average molecular weight is 290 g/mol. The zero-order valence-corrected chi connectivity index (χ0v) is 10.6. The molecule has 0 radical (unpaired) electrons. The van der Waals surface area contributed by atoms with E-state index in [4.69, 9.17) is 5.11 Å². The van der Waals surface area contributed by atoms with Gasteiger partial charge in [0.2, 0.25) is 5.91 Å². The van der Waals surface area contributed by atoms with Gasteiger partial charge in [0.05, 0.1) is 0 Å². The van der Waals surface area contributed by atoms with Gasteiger partial charge in [-0.15, -0.1) is 0 Å². The van der Waals surface area contributed by atoms with E-state index < -0.39 is 23.1 Å². The minimum Gasteiger partial charge on any atom is -0.478 e.